The van der Waals surface area contributed by atoms with Crippen LogP contribution in [-0.4, -0.2) is 51.4 Å². The average molecular weight is 256 g/mol. The van der Waals surface area contributed by atoms with Gasteiger partial charge in [-0.1, -0.05) is 0 Å². The van der Waals surface area contributed by atoms with E-state index < -0.39 is 0 Å². The number of nitrogens with zero attached hydrogens (tertiary/aromatic N) is 8. The summed E-state index contributed by atoms with van der Waals surface area (Å²) in [5.41, 5.74) is 3.54. The molecule has 0 radical (unpaired) electrons. The highest BCUT2D eigenvalue weighted by molar-refractivity contribution is 5.65. The average Bonchev–Trinajstić information content (AvgIpc) is 3.19. The minimum Gasteiger partial charge on any atom is -0.177 e. The Morgan fingerprint density at radius 1 is 0.684 bits per heavy atom. The van der Waals surface area contributed by atoms with E-state index in [0.717, 1.165) is 30.4 Å². The van der Waals surface area contributed by atoms with Crippen LogP contribution in [-0.2, 0) is 12.8 Å². The summed E-state index contributed by atoms with van der Waals surface area (Å²) in [6.45, 7) is 0. The topological polar surface area (TPSA) is 135 Å². The minimum atomic E-state index is 0.463. The lowest BCUT2D eigenvalue weighted by Gasteiger charge is -2.05. The molecule has 3 aromatic rings. The summed E-state index contributed by atoms with van der Waals surface area (Å²) in [6.07, 6.45) is 2.87. The Balaban J connectivity index is 1.92. The third-order valence-electron chi connectivity index (χ3n) is 3.15. The Bertz CT molecular complexity index is 640. The van der Waals surface area contributed by atoms with Crippen molar-refractivity contribution in [1.82, 2.24) is 51.4 Å². The molecule has 0 atom stereocenters. The van der Waals surface area contributed by atoms with Crippen LogP contribution in [0.2, 0.25) is 0 Å². The van der Waals surface area contributed by atoms with Crippen LogP contribution in [0.1, 0.15) is 17.5 Å². The van der Waals surface area contributed by atoms with Crippen LogP contribution >= 0.6 is 0 Å². The molecule has 0 fully saturated rings. The van der Waals surface area contributed by atoms with E-state index in [1.807, 2.05) is 0 Å². The first-order valence-corrected chi connectivity index (χ1v) is 5.79. The highest BCUT2D eigenvalue weighted by Gasteiger charge is 2.25. The third-order valence-corrected chi connectivity index (χ3v) is 3.15. The Labute approximate surface area is 106 Å². The second kappa shape index (κ2) is 3.86. The zero-order valence-electron chi connectivity index (χ0n) is 9.70. The highest BCUT2D eigenvalue weighted by atomic mass is 15.5. The fraction of sp³-hybridized carbons (Fsp3) is 0.333. The summed E-state index contributed by atoms with van der Waals surface area (Å²) in [6, 6.07) is 0. The molecule has 3 aromatic heterocycles. The Hall–Kier alpha value is -2.78. The second-order valence-electron chi connectivity index (χ2n) is 4.18. The summed E-state index contributed by atoms with van der Waals surface area (Å²) in [7, 11) is 0. The number of tetrazole rings is 2. The molecule has 4 rings (SSSR count). The molecule has 0 saturated heterocycles. The van der Waals surface area contributed by atoms with E-state index in [-0.39, 0.29) is 0 Å². The standard InChI is InChI=1S/C9H8N10/c1-2-4-5(3-1)7(9-14-18-19-15-9)11-10-6(4)8-12-16-17-13-8/h1-3H2,(H,12,13,16,17)(H,14,15,18,19). The van der Waals surface area contributed by atoms with Crippen molar-refractivity contribution >= 4 is 0 Å². The highest BCUT2D eigenvalue weighted by Crippen LogP contribution is 2.33. The lowest BCUT2D eigenvalue weighted by molar-refractivity contribution is 0.881. The monoisotopic (exact) mass is 256 g/mol. The van der Waals surface area contributed by atoms with Gasteiger partial charge in [-0.3, -0.25) is 0 Å². The molecule has 0 aliphatic heterocycles. The van der Waals surface area contributed by atoms with Crippen molar-refractivity contribution in [3.8, 4) is 23.0 Å². The van der Waals surface area contributed by atoms with Crippen LogP contribution < -0.4 is 0 Å². The van der Waals surface area contributed by atoms with Gasteiger partial charge in [-0.15, -0.1) is 30.6 Å². The molecule has 0 saturated carbocycles. The number of fused-ring (bicyclic) bond motifs is 1. The van der Waals surface area contributed by atoms with Crippen molar-refractivity contribution in [1.29, 1.82) is 0 Å². The van der Waals surface area contributed by atoms with Crippen molar-refractivity contribution in [2.75, 3.05) is 0 Å². The van der Waals surface area contributed by atoms with E-state index in [2.05, 4.69) is 51.4 Å². The maximum atomic E-state index is 4.19. The molecule has 0 aromatic carbocycles. The Morgan fingerprint density at radius 2 is 1.21 bits per heavy atom. The van der Waals surface area contributed by atoms with Gasteiger partial charge in [0.15, 0.2) is 0 Å². The second-order valence-corrected chi connectivity index (χ2v) is 4.18. The third kappa shape index (κ3) is 1.49. The Morgan fingerprint density at radius 3 is 1.63 bits per heavy atom. The molecule has 10 nitrogen and oxygen atoms in total. The van der Waals surface area contributed by atoms with Crippen LogP contribution in [0.3, 0.4) is 0 Å². The van der Waals surface area contributed by atoms with Crippen LogP contribution in [0.5, 0.6) is 0 Å². The van der Waals surface area contributed by atoms with Crippen molar-refractivity contribution in [3.63, 3.8) is 0 Å². The number of nitrogens with one attached hydrogen (secondary N) is 2. The molecule has 10 heteroatoms. The zero-order valence-corrected chi connectivity index (χ0v) is 9.70. The van der Waals surface area contributed by atoms with Crippen LogP contribution in [0.4, 0.5) is 0 Å². The molecule has 19 heavy (non-hydrogen) atoms. The van der Waals surface area contributed by atoms with Crippen molar-refractivity contribution in [2.45, 2.75) is 19.3 Å². The van der Waals surface area contributed by atoms with Crippen molar-refractivity contribution in [2.24, 2.45) is 0 Å². The predicted molar refractivity (Wildman–Crippen MR) is 60.4 cm³/mol. The van der Waals surface area contributed by atoms with Gasteiger partial charge < -0.3 is 0 Å². The number of aromatic nitrogens is 10. The SMILES string of the molecule is C1Cc2c(-c3nn[nH]n3)nnc(-c3nn[nH]n3)c2C1. The Kier molecular flexibility index (Phi) is 2.07. The number of aromatic amines is 2. The van der Waals surface area contributed by atoms with E-state index in [4.69, 9.17) is 0 Å². The molecule has 3 heterocycles. The van der Waals surface area contributed by atoms with Gasteiger partial charge in [0.2, 0.25) is 11.6 Å². The predicted octanol–water partition coefficient (Wildman–Crippen LogP) is -0.675. The number of H-pyrrole nitrogens is 2. The maximum absolute atomic E-state index is 4.19. The molecule has 0 spiro atoms. The summed E-state index contributed by atoms with van der Waals surface area (Å²) in [5, 5.41) is 36.2. The minimum absolute atomic E-state index is 0.463. The molecule has 2 N–H and O–H groups in total. The lowest BCUT2D eigenvalue weighted by Crippen LogP contribution is -2.02. The first kappa shape index (κ1) is 10.2. The summed E-state index contributed by atoms with van der Waals surface area (Å²) in [4.78, 5) is 0. The van der Waals surface area contributed by atoms with Crippen LogP contribution in [0.15, 0.2) is 0 Å². The molecule has 94 valence electrons. The lowest BCUT2D eigenvalue weighted by atomic mass is 10.1. The van der Waals surface area contributed by atoms with Crippen molar-refractivity contribution < 1.29 is 0 Å². The first-order chi connectivity index (χ1) is 9.43. The van der Waals surface area contributed by atoms with Gasteiger partial charge in [0.1, 0.15) is 11.4 Å². The van der Waals surface area contributed by atoms with E-state index in [0.29, 0.717) is 23.0 Å². The fourth-order valence-corrected chi connectivity index (χ4v) is 2.37. The largest absolute Gasteiger partial charge is 0.225 e. The maximum Gasteiger partial charge on any atom is 0.225 e. The molecular weight excluding hydrogens is 248 g/mol. The quantitative estimate of drug-likeness (QED) is 0.616. The molecule has 0 bridgehead atoms. The summed E-state index contributed by atoms with van der Waals surface area (Å²) < 4.78 is 0. The first-order valence-electron chi connectivity index (χ1n) is 5.79. The van der Waals surface area contributed by atoms with E-state index >= 15 is 0 Å². The number of rotatable bonds is 2. The molecular formula is C9H8N10. The summed E-state index contributed by atoms with van der Waals surface area (Å²) >= 11 is 0. The number of hydrogen-bond donors (Lipinski definition) is 2. The zero-order chi connectivity index (χ0) is 12.7. The van der Waals surface area contributed by atoms with Gasteiger partial charge in [-0.2, -0.15) is 10.4 Å². The van der Waals surface area contributed by atoms with Gasteiger partial charge >= 0.3 is 0 Å². The van der Waals surface area contributed by atoms with E-state index in [1.165, 1.54) is 0 Å². The van der Waals surface area contributed by atoms with Gasteiger partial charge in [0, 0.05) is 0 Å². The molecule has 1 aliphatic carbocycles. The van der Waals surface area contributed by atoms with Gasteiger partial charge in [-0.25, -0.2) is 0 Å². The van der Waals surface area contributed by atoms with Gasteiger partial charge in [0.05, 0.1) is 0 Å². The summed E-state index contributed by atoms with van der Waals surface area (Å²) in [5.74, 6) is 0.927. The fourth-order valence-electron chi connectivity index (χ4n) is 2.37. The van der Waals surface area contributed by atoms with E-state index in [9.17, 15) is 0 Å². The van der Waals surface area contributed by atoms with Gasteiger partial charge in [0.25, 0.3) is 0 Å². The van der Waals surface area contributed by atoms with Crippen LogP contribution in [0.25, 0.3) is 23.0 Å². The molecule has 0 amide bonds. The van der Waals surface area contributed by atoms with E-state index in [1.54, 1.807) is 0 Å². The van der Waals surface area contributed by atoms with Crippen LogP contribution in [0, 0.1) is 0 Å². The van der Waals surface area contributed by atoms with Crippen molar-refractivity contribution in [3.05, 3.63) is 11.1 Å². The molecule has 1 aliphatic rings. The smallest absolute Gasteiger partial charge is 0.177 e. The number of hydrogen-bond acceptors (Lipinski definition) is 8. The normalized spacial score (nSPS) is 13.7. The van der Waals surface area contributed by atoms with Gasteiger partial charge in [-0.05, 0) is 40.8 Å². The molecule has 0 unspecified atom stereocenters.